The quantitative estimate of drug-likeness (QED) is 0.769. The first-order valence-corrected chi connectivity index (χ1v) is 8.03. The SMILES string of the molecule is Cc1ccc(N2C(C)C(=O)SC23CCCCC3)cc1. The summed E-state index contributed by atoms with van der Waals surface area (Å²) in [6, 6.07) is 8.63. The molecule has 1 heterocycles. The van der Waals surface area contributed by atoms with Gasteiger partial charge in [0.05, 0.1) is 10.9 Å². The highest BCUT2D eigenvalue weighted by Crippen LogP contribution is 2.51. The number of carbonyl (C=O) groups is 1. The summed E-state index contributed by atoms with van der Waals surface area (Å²) in [5.41, 5.74) is 2.48. The lowest BCUT2D eigenvalue weighted by atomic mass is 9.92. The van der Waals surface area contributed by atoms with E-state index in [-0.39, 0.29) is 10.9 Å². The molecule has 2 fully saturated rings. The molecule has 0 bridgehead atoms. The first kappa shape index (κ1) is 13.0. The maximum absolute atomic E-state index is 12.2. The van der Waals surface area contributed by atoms with Crippen LogP contribution >= 0.6 is 11.8 Å². The number of benzene rings is 1. The zero-order valence-electron chi connectivity index (χ0n) is 11.7. The van der Waals surface area contributed by atoms with Gasteiger partial charge in [0.1, 0.15) is 0 Å². The van der Waals surface area contributed by atoms with E-state index < -0.39 is 0 Å². The van der Waals surface area contributed by atoms with Crippen molar-refractivity contribution in [2.24, 2.45) is 0 Å². The molecule has 1 atom stereocenters. The third-order valence-corrected chi connectivity index (χ3v) is 5.93. The van der Waals surface area contributed by atoms with E-state index in [4.69, 9.17) is 0 Å². The molecular formula is C16H21NOS. The molecule has 2 nitrogen and oxygen atoms in total. The third-order valence-electron chi connectivity index (χ3n) is 4.40. The van der Waals surface area contributed by atoms with Crippen LogP contribution in [0.4, 0.5) is 5.69 Å². The third kappa shape index (κ3) is 2.18. The topological polar surface area (TPSA) is 20.3 Å². The summed E-state index contributed by atoms with van der Waals surface area (Å²) in [5.74, 6) is 0. The minimum atomic E-state index is 0.00538. The fourth-order valence-electron chi connectivity index (χ4n) is 3.39. The van der Waals surface area contributed by atoms with Crippen molar-refractivity contribution in [1.29, 1.82) is 0 Å². The van der Waals surface area contributed by atoms with Gasteiger partial charge in [-0.15, -0.1) is 0 Å². The molecule has 1 aliphatic heterocycles. The molecule has 1 aromatic carbocycles. The number of rotatable bonds is 1. The predicted octanol–water partition coefficient (Wildman–Crippen LogP) is 4.12. The van der Waals surface area contributed by atoms with Crippen LogP contribution in [0, 0.1) is 6.92 Å². The Balaban J connectivity index is 1.99. The highest BCUT2D eigenvalue weighted by atomic mass is 32.2. The molecule has 3 rings (SSSR count). The lowest BCUT2D eigenvalue weighted by Crippen LogP contribution is -2.47. The Morgan fingerprint density at radius 3 is 2.42 bits per heavy atom. The van der Waals surface area contributed by atoms with Crippen LogP contribution in [-0.4, -0.2) is 16.0 Å². The van der Waals surface area contributed by atoms with Gasteiger partial charge < -0.3 is 4.90 Å². The normalized spacial score (nSPS) is 26.1. The largest absolute Gasteiger partial charge is 0.346 e. The van der Waals surface area contributed by atoms with Gasteiger partial charge in [0.2, 0.25) is 5.12 Å². The summed E-state index contributed by atoms with van der Waals surface area (Å²) >= 11 is 1.59. The summed E-state index contributed by atoms with van der Waals surface area (Å²) in [6.07, 6.45) is 6.08. The minimum absolute atomic E-state index is 0.00538. The number of aryl methyl sites for hydroxylation is 1. The van der Waals surface area contributed by atoms with Gasteiger partial charge in [-0.25, -0.2) is 0 Å². The van der Waals surface area contributed by atoms with Crippen molar-refractivity contribution in [1.82, 2.24) is 0 Å². The van der Waals surface area contributed by atoms with Crippen molar-refractivity contribution in [2.75, 3.05) is 4.90 Å². The highest BCUT2D eigenvalue weighted by Gasteiger charge is 2.50. The molecule has 3 heteroatoms. The lowest BCUT2D eigenvalue weighted by Gasteiger charge is -2.42. The molecule has 1 aromatic rings. The number of carbonyl (C=O) groups excluding carboxylic acids is 1. The van der Waals surface area contributed by atoms with Gasteiger partial charge in [-0.05, 0) is 38.8 Å². The van der Waals surface area contributed by atoms with Crippen LogP contribution in [0.5, 0.6) is 0 Å². The van der Waals surface area contributed by atoms with Crippen molar-refractivity contribution in [3.8, 4) is 0 Å². The Hall–Kier alpha value is -0.960. The second kappa shape index (κ2) is 4.86. The molecule has 1 spiro atoms. The summed E-state index contributed by atoms with van der Waals surface area (Å²) in [5, 5.41) is 0.336. The smallest absolute Gasteiger partial charge is 0.213 e. The number of anilines is 1. The van der Waals surface area contributed by atoms with Gasteiger partial charge in [-0.1, -0.05) is 48.7 Å². The summed E-state index contributed by atoms with van der Waals surface area (Å²) in [6.45, 7) is 4.16. The van der Waals surface area contributed by atoms with Crippen LogP contribution in [0.2, 0.25) is 0 Å². The lowest BCUT2D eigenvalue weighted by molar-refractivity contribution is -0.111. The molecular weight excluding hydrogens is 254 g/mol. The Morgan fingerprint density at radius 2 is 1.79 bits per heavy atom. The van der Waals surface area contributed by atoms with Crippen molar-refractivity contribution in [3.05, 3.63) is 29.8 Å². The highest BCUT2D eigenvalue weighted by molar-refractivity contribution is 8.15. The van der Waals surface area contributed by atoms with Gasteiger partial charge >= 0.3 is 0 Å². The van der Waals surface area contributed by atoms with Crippen molar-refractivity contribution >= 4 is 22.6 Å². The first-order valence-electron chi connectivity index (χ1n) is 7.21. The van der Waals surface area contributed by atoms with Gasteiger partial charge in [0, 0.05) is 5.69 Å². The van der Waals surface area contributed by atoms with Crippen LogP contribution in [0.3, 0.4) is 0 Å². The van der Waals surface area contributed by atoms with Gasteiger partial charge in [-0.2, -0.15) is 0 Å². The summed E-state index contributed by atoms with van der Waals surface area (Å²) < 4.78 is 0. The van der Waals surface area contributed by atoms with Crippen LogP contribution in [0.25, 0.3) is 0 Å². The number of hydrogen-bond acceptors (Lipinski definition) is 3. The molecule has 0 radical (unpaired) electrons. The van der Waals surface area contributed by atoms with Gasteiger partial charge in [0.15, 0.2) is 0 Å². The van der Waals surface area contributed by atoms with Crippen molar-refractivity contribution in [2.45, 2.75) is 56.9 Å². The van der Waals surface area contributed by atoms with Gasteiger partial charge in [-0.3, -0.25) is 4.79 Å². The van der Waals surface area contributed by atoms with E-state index in [0.717, 1.165) is 12.8 Å². The second-order valence-corrected chi connectivity index (χ2v) is 7.18. The first-order chi connectivity index (χ1) is 9.12. The molecule has 102 valence electrons. The van der Waals surface area contributed by atoms with E-state index in [1.807, 2.05) is 0 Å². The molecule has 1 saturated heterocycles. The summed E-state index contributed by atoms with van der Waals surface area (Å²) in [7, 11) is 0. The Labute approximate surface area is 119 Å². The average Bonchev–Trinajstić information content (AvgIpc) is 2.64. The Kier molecular flexibility index (Phi) is 3.34. The Morgan fingerprint density at radius 1 is 1.16 bits per heavy atom. The van der Waals surface area contributed by atoms with E-state index in [1.165, 1.54) is 30.5 Å². The fraction of sp³-hybridized carbons (Fsp3) is 0.562. The predicted molar refractivity (Wildman–Crippen MR) is 81.5 cm³/mol. The zero-order valence-corrected chi connectivity index (χ0v) is 12.5. The van der Waals surface area contributed by atoms with Crippen LogP contribution < -0.4 is 4.90 Å². The monoisotopic (exact) mass is 275 g/mol. The molecule has 1 unspecified atom stereocenters. The molecule has 19 heavy (non-hydrogen) atoms. The van der Waals surface area contributed by atoms with Gasteiger partial charge in [0.25, 0.3) is 0 Å². The summed E-state index contributed by atoms with van der Waals surface area (Å²) in [4.78, 5) is 14.6. The molecule has 1 aliphatic carbocycles. The van der Waals surface area contributed by atoms with E-state index >= 15 is 0 Å². The van der Waals surface area contributed by atoms with Crippen molar-refractivity contribution < 1.29 is 4.79 Å². The maximum atomic E-state index is 12.2. The average molecular weight is 275 g/mol. The zero-order chi connectivity index (χ0) is 13.5. The molecule has 0 amide bonds. The van der Waals surface area contributed by atoms with E-state index in [0.29, 0.717) is 5.12 Å². The fourth-order valence-corrected chi connectivity index (χ4v) is 4.90. The minimum Gasteiger partial charge on any atom is -0.346 e. The van der Waals surface area contributed by atoms with Crippen LogP contribution in [0.1, 0.15) is 44.6 Å². The standard InChI is InChI=1S/C16H21NOS/c1-12-6-8-14(9-7-12)17-13(2)15(18)19-16(17)10-4-3-5-11-16/h6-9,13H,3-5,10-11H2,1-2H3. The molecule has 2 aliphatic rings. The van der Waals surface area contributed by atoms with Crippen LogP contribution in [-0.2, 0) is 4.79 Å². The number of hydrogen-bond donors (Lipinski definition) is 0. The molecule has 1 saturated carbocycles. The maximum Gasteiger partial charge on any atom is 0.213 e. The van der Waals surface area contributed by atoms with Crippen molar-refractivity contribution in [3.63, 3.8) is 0 Å². The number of thioether (sulfide) groups is 1. The second-order valence-electron chi connectivity index (χ2n) is 5.81. The van der Waals surface area contributed by atoms with Crippen LogP contribution in [0.15, 0.2) is 24.3 Å². The molecule has 0 aromatic heterocycles. The van der Waals surface area contributed by atoms with E-state index in [9.17, 15) is 4.79 Å². The molecule has 0 N–H and O–H groups in total. The van der Waals surface area contributed by atoms with E-state index in [1.54, 1.807) is 11.8 Å². The Bertz CT molecular complexity index is 476. The number of nitrogens with zero attached hydrogens (tertiary/aromatic N) is 1. The van der Waals surface area contributed by atoms with E-state index in [2.05, 4.69) is 43.0 Å².